The summed E-state index contributed by atoms with van der Waals surface area (Å²) in [7, 11) is 0. The number of aliphatic hydroxyl groups is 8. The van der Waals surface area contributed by atoms with Gasteiger partial charge in [-0.2, -0.15) is 0 Å². The monoisotopic (exact) mass is 756 g/mol. The summed E-state index contributed by atoms with van der Waals surface area (Å²) in [6.45, 7) is 10.8. The summed E-state index contributed by atoms with van der Waals surface area (Å²) in [5.41, 5.74) is -0.463. The molecule has 4 heterocycles. The van der Waals surface area contributed by atoms with Crippen LogP contribution in [0.3, 0.4) is 0 Å². The molecule has 8 rings (SSSR count). The van der Waals surface area contributed by atoms with Crippen LogP contribution in [0.25, 0.3) is 0 Å². The van der Waals surface area contributed by atoms with E-state index in [9.17, 15) is 40.9 Å². The Morgan fingerprint density at radius 2 is 1.47 bits per heavy atom. The highest BCUT2D eigenvalue weighted by molar-refractivity contribution is 5.17. The van der Waals surface area contributed by atoms with Gasteiger partial charge < -0.3 is 69.3 Å². The first-order valence-electron chi connectivity index (χ1n) is 20.4. The van der Waals surface area contributed by atoms with E-state index in [0.29, 0.717) is 36.0 Å². The van der Waals surface area contributed by atoms with Gasteiger partial charge in [0.05, 0.1) is 37.6 Å². The van der Waals surface area contributed by atoms with Crippen molar-refractivity contribution in [3.63, 3.8) is 0 Å². The van der Waals surface area contributed by atoms with Crippen molar-refractivity contribution >= 4 is 0 Å². The molecule has 53 heavy (non-hydrogen) atoms. The highest BCUT2D eigenvalue weighted by atomic mass is 16.8. The van der Waals surface area contributed by atoms with Crippen molar-refractivity contribution in [2.75, 3.05) is 13.2 Å². The average molecular weight is 757 g/mol. The van der Waals surface area contributed by atoms with Crippen molar-refractivity contribution in [1.82, 2.24) is 0 Å². The zero-order valence-electron chi connectivity index (χ0n) is 31.7. The smallest absolute Gasteiger partial charge is 0.187 e. The first kappa shape index (κ1) is 39.3. The van der Waals surface area contributed by atoms with E-state index < -0.39 is 97.5 Å². The lowest BCUT2D eigenvalue weighted by atomic mass is 9.43. The Kier molecular flexibility index (Phi) is 10.4. The Balaban J connectivity index is 0.983. The minimum atomic E-state index is -1.70. The lowest BCUT2D eigenvalue weighted by Gasteiger charge is -2.63. The second kappa shape index (κ2) is 14.1. The molecular formula is C39H64O14. The van der Waals surface area contributed by atoms with Crippen molar-refractivity contribution in [2.45, 2.75) is 178 Å². The number of aliphatic hydroxyl groups excluding tert-OH is 8. The molecular weight excluding hydrogens is 692 g/mol. The van der Waals surface area contributed by atoms with Gasteiger partial charge in [0.2, 0.25) is 0 Å². The van der Waals surface area contributed by atoms with Crippen molar-refractivity contribution in [3.05, 3.63) is 0 Å². The molecule has 4 aliphatic heterocycles. The number of ether oxygens (including phenoxy) is 6. The fraction of sp³-hybridized carbons (Fsp3) is 1.00. The molecule has 0 aromatic heterocycles. The summed E-state index contributed by atoms with van der Waals surface area (Å²) in [4.78, 5) is 0. The predicted molar refractivity (Wildman–Crippen MR) is 184 cm³/mol. The van der Waals surface area contributed by atoms with E-state index in [0.717, 1.165) is 51.6 Å². The van der Waals surface area contributed by atoms with E-state index in [1.165, 1.54) is 6.92 Å². The van der Waals surface area contributed by atoms with Gasteiger partial charge in [-0.3, -0.25) is 0 Å². The van der Waals surface area contributed by atoms with E-state index in [1.807, 2.05) is 0 Å². The summed E-state index contributed by atoms with van der Waals surface area (Å²) >= 11 is 0. The molecule has 8 aliphatic rings. The fourth-order valence-corrected chi connectivity index (χ4v) is 13.2. The number of fused-ring (bicyclic) bond motifs is 7. The van der Waals surface area contributed by atoms with Gasteiger partial charge in [-0.25, -0.2) is 0 Å². The molecule has 4 saturated carbocycles. The lowest BCUT2D eigenvalue weighted by molar-refractivity contribution is -0.376. The molecule has 1 spiro atoms. The van der Waals surface area contributed by atoms with Crippen molar-refractivity contribution in [1.29, 1.82) is 0 Å². The second-order valence-corrected chi connectivity index (χ2v) is 18.9. The van der Waals surface area contributed by atoms with E-state index in [-0.39, 0.29) is 23.4 Å². The largest absolute Gasteiger partial charge is 0.394 e. The third-order valence-electron chi connectivity index (χ3n) is 16.3. The van der Waals surface area contributed by atoms with E-state index in [1.54, 1.807) is 0 Å². The minimum Gasteiger partial charge on any atom is -0.394 e. The van der Waals surface area contributed by atoms with Gasteiger partial charge in [-0.05, 0) is 92.8 Å². The Morgan fingerprint density at radius 1 is 0.717 bits per heavy atom. The highest BCUT2D eigenvalue weighted by Crippen LogP contribution is 2.71. The maximum absolute atomic E-state index is 12.1. The molecule has 0 bridgehead atoms. The molecule has 0 unspecified atom stereocenters. The molecule has 24 atom stereocenters. The quantitative estimate of drug-likeness (QED) is 0.179. The minimum absolute atomic E-state index is 0.0153. The Labute approximate surface area is 312 Å². The molecule has 0 aromatic carbocycles. The van der Waals surface area contributed by atoms with Gasteiger partial charge in [0.15, 0.2) is 18.4 Å². The van der Waals surface area contributed by atoms with Crippen LogP contribution in [-0.4, -0.2) is 146 Å². The second-order valence-electron chi connectivity index (χ2n) is 18.9. The van der Waals surface area contributed by atoms with Crippen LogP contribution in [-0.2, 0) is 28.4 Å². The van der Waals surface area contributed by atoms with Gasteiger partial charge in [0.1, 0.15) is 48.8 Å². The van der Waals surface area contributed by atoms with Gasteiger partial charge in [0.25, 0.3) is 0 Å². The summed E-state index contributed by atoms with van der Waals surface area (Å²) < 4.78 is 37.2. The van der Waals surface area contributed by atoms with Gasteiger partial charge in [0, 0.05) is 17.8 Å². The van der Waals surface area contributed by atoms with Crippen LogP contribution in [0.15, 0.2) is 0 Å². The topological polar surface area (TPSA) is 217 Å². The van der Waals surface area contributed by atoms with Crippen LogP contribution >= 0.6 is 0 Å². The summed E-state index contributed by atoms with van der Waals surface area (Å²) in [5, 5.41) is 86.9. The SMILES string of the molecule is C[C@H]1CC[C@@]2(OC1)O[C@H]1C[C@H]3[C@@H]4CC[C@H]5C[C@H](O[C@H]6O[C@H](CO)[C@H](O)[C@@H](O)[C@H]6O[C@H]6O[C@@H](C)[C@H](O)[C@@H](O)[C@@H]6O)[C@@H](O)[C@@H](O)[C@]5(C)[C@@H]4CC[C@@]3(C)[C@H]1[C@@H]2C. The van der Waals surface area contributed by atoms with E-state index in [4.69, 9.17) is 28.4 Å². The van der Waals surface area contributed by atoms with Gasteiger partial charge in [-0.15, -0.1) is 0 Å². The van der Waals surface area contributed by atoms with Crippen LogP contribution in [0.4, 0.5) is 0 Å². The van der Waals surface area contributed by atoms with Crippen molar-refractivity contribution < 1.29 is 69.3 Å². The highest BCUT2D eigenvalue weighted by Gasteiger charge is 2.70. The Bertz CT molecular complexity index is 1310. The van der Waals surface area contributed by atoms with Crippen LogP contribution in [0, 0.1) is 52.3 Å². The van der Waals surface area contributed by atoms with Crippen LogP contribution in [0.2, 0.25) is 0 Å². The molecule has 0 aromatic rings. The molecule has 8 fully saturated rings. The molecule has 0 amide bonds. The summed E-state index contributed by atoms with van der Waals surface area (Å²) in [5.74, 6) is 1.86. The van der Waals surface area contributed by atoms with Crippen LogP contribution in [0.5, 0.6) is 0 Å². The summed E-state index contributed by atoms with van der Waals surface area (Å²) in [6, 6.07) is 0. The molecule has 4 saturated heterocycles. The average Bonchev–Trinajstić information content (AvgIpc) is 3.58. The van der Waals surface area contributed by atoms with Crippen molar-refractivity contribution in [3.8, 4) is 0 Å². The molecule has 4 aliphatic carbocycles. The fourth-order valence-electron chi connectivity index (χ4n) is 13.2. The Morgan fingerprint density at radius 3 is 2.17 bits per heavy atom. The normalized spacial score (nSPS) is 61.0. The van der Waals surface area contributed by atoms with Crippen LogP contribution < -0.4 is 0 Å². The molecule has 8 N–H and O–H groups in total. The van der Waals surface area contributed by atoms with Crippen molar-refractivity contribution in [2.24, 2.45) is 52.3 Å². The molecule has 0 radical (unpaired) electrons. The third-order valence-corrected chi connectivity index (χ3v) is 16.3. The molecule has 14 nitrogen and oxygen atoms in total. The zero-order chi connectivity index (χ0) is 37.9. The third kappa shape index (κ3) is 5.94. The Hall–Kier alpha value is -0.560. The number of hydrogen-bond acceptors (Lipinski definition) is 14. The molecule has 14 heteroatoms. The maximum Gasteiger partial charge on any atom is 0.187 e. The first-order chi connectivity index (χ1) is 25.1. The first-order valence-corrected chi connectivity index (χ1v) is 20.4. The lowest BCUT2D eigenvalue weighted by Crippen LogP contribution is -2.67. The van der Waals surface area contributed by atoms with E-state index in [2.05, 4.69) is 27.7 Å². The predicted octanol–water partition coefficient (Wildman–Crippen LogP) is 0.411. The zero-order valence-corrected chi connectivity index (χ0v) is 31.7. The number of rotatable bonds is 5. The molecule has 304 valence electrons. The van der Waals surface area contributed by atoms with E-state index >= 15 is 0 Å². The summed E-state index contributed by atoms with van der Waals surface area (Å²) in [6.07, 6.45) is -10.5. The van der Waals surface area contributed by atoms with Crippen LogP contribution in [0.1, 0.15) is 86.0 Å². The van der Waals surface area contributed by atoms with Gasteiger partial charge in [-0.1, -0.05) is 27.7 Å². The maximum atomic E-state index is 12.1. The number of hydrogen-bond donors (Lipinski definition) is 8. The standard InChI is InChI=1S/C39H64O14/c1-16-8-11-39(48-15-16)17(2)26-23(53-39)13-22-20-7-6-19-12-24(29(43)34(47)38(19,5)21(20)9-10-37(22,26)4)50-36-33(31(45)28(42)25(14-40)51-36)52-35-32(46)30(44)27(41)18(3)49-35/h16-36,40-47H,6-15H2,1-5H3/t16-,17-,18-,19-,20+,21+,22-,23-,24-,25+,26-,27-,28-,29+,30+,31+,32-,33+,34+,35+,36-,37+,38-,39+/m0/s1. The van der Waals surface area contributed by atoms with Gasteiger partial charge >= 0.3 is 0 Å².